The molecule has 0 N–H and O–H groups in total. The molecule has 0 saturated carbocycles. The topological polar surface area (TPSA) is 48.3 Å². The minimum Gasteiger partial charge on any atom is -0.383 e. The molecule has 1 heterocycles. The first-order valence-electron chi connectivity index (χ1n) is 4.04. The highest BCUT2D eigenvalue weighted by molar-refractivity contribution is 6.67. The van der Waals surface area contributed by atoms with E-state index in [9.17, 15) is 9.59 Å². The van der Waals surface area contributed by atoms with Gasteiger partial charge >= 0.3 is 0 Å². The molecule has 0 aliphatic carbocycles. The van der Waals surface area contributed by atoms with Crippen LogP contribution in [0.2, 0.25) is 0 Å². The van der Waals surface area contributed by atoms with Crippen molar-refractivity contribution >= 4 is 16.8 Å². The van der Waals surface area contributed by atoms with E-state index in [4.69, 9.17) is 16.3 Å². The molecular weight excluding hydrogens is 206 g/mol. The van der Waals surface area contributed by atoms with Crippen LogP contribution in [-0.4, -0.2) is 23.5 Å². The van der Waals surface area contributed by atoms with E-state index in [1.54, 1.807) is 7.11 Å². The summed E-state index contributed by atoms with van der Waals surface area (Å²) >= 11 is 5.28. The third-order valence-electron chi connectivity index (χ3n) is 1.75. The number of ether oxygens (including phenoxy) is 1. The van der Waals surface area contributed by atoms with Gasteiger partial charge in [0, 0.05) is 25.9 Å². The van der Waals surface area contributed by atoms with Crippen LogP contribution < -0.4 is 5.56 Å². The summed E-state index contributed by atoms with van der Waals surface area (Å²) in [4.78, 5) is 22.1. The van der Waals surface area contributed by atoms with Gasteiger partial charge in [0.1, 0.15) is 0 Å². The van der Waals surface area contributed by atoms with Gasteiger partial charge in [0.15, 0.2) is 0 Å². The van der Waals surface area contributed by atoms with E-state index in [0.29, 0.717) is 18.7 Å². The molecular formula is C9H10ClNO3. The second-order valence-electron chi connectivity index (χ2n) is 2.72. The second kappa shape index (κ2) is 4.93. The maximum absolute atomic E-state index is 11.3. The average Bonchev–Trinajstić information content (AvgIpc) is 2.16. The maximum atomic E-state index is 11.3. The number of carbonyl (C=O) groups excluding carboxylic acids is 1. The van der Waals surface area contributed by atoms with Crippen LogP contribution in [0.4, 0.5) is 0 Å². The van der Waals surface area contributed by atoms with Crippen LogP contribution in [0.25, 0.3) is 0 Å². The maximum Gasteiger partial charge on any atom is 0.253 e. The highest BCUT2D eigenvalue weighted by atomic mass is 35.5. The van der Waals surface area contributed by atoms with E-state index >= 15 is 0 Å². The molecule has 0 saturated heterocycles. The van der Waals surface area contributed by atoms with E-state index in [0.717, 1.165) is 0 Å². The van der Waals surface area contributed by atoms with Crippen molar-refractivity contribution in [3.63, 3.8) is 0 Å². The Morgan fingerprint density at radius 2 is 2.29 bits per heavy atom. The van der Waals surface area contributed by atoms with Crippen LogP contribution >= 0.6 is 11.6 Å². The van der Waals surface area contributed by atoms with Gasteiger partial charge in [0.05, 0.1) is 12.2 Å². The van der Waals surface area contributed by atoms with Crippen molar-refractivity contribution in [1.29, 1.82) is 0 Å². The Morgan fingerprint density at radius 3 is 2.86 bits per heavy atom. The van der Waals surface area contributed by atoms with E-state index in [2.05, 4.69) is 0 Å². The molecule has 0 atom stereocenters. The normalized spacial score (nSPS) is 10.1. The number of methoxy groups -OCH3 is 1. The lowest BCUT2D eigenvalue weighted by Gasteiger charge is -2.04. The summed E-state index contributed by atoms with van der Waals surface area (Å²) in [6.07, 6.45) is 1.43. The molecule has 4 nitrogen and oxygen atoms in total. The molecule has 14 heavy (non-hydrogen) atoms. The van der Waals surface area contributed by atoms with Gasteiger partial charge in [-0.3, -0.25) is 9.59 Å². The van der Waals surface area contributed by atoms with Gasteiger partial charge in [-0.1, -0.05) is 0 Å². The summed E-state index contributed by atoms with van der Waals surface area (Å²) in [5, 5.41) is -0.573. The quantitative estimate of drug-likeness (QED) is 0.701. The van der Waals surface area contributed by atoms with Crippen molar-refractivity contribution in [2.24, 2.45) is 0 Å². The van der Waals surface area contributed by atoms with Crippen LogP contribution in [-0.2, 0) is 11.3 Å². The predicted octanol–water partition coefficient (Wildman–Crippen LogP) is 0.874. The summed E-state index contributed by atoms with van der Waals surface area (Å²) in [7, 11) is 1.54. The zero-order chi connectivity index (χ0) is 10.6. The van der Waals surface area contributed by atoms with E-state index < -0.39 is 5.24 Å². The summed E-state index contributed by atoms with van der Waals surface area (Å²) < 4.78 is 6.21. The summed E-state index contributed by atoms with van der Waals surface area (Å²) in [6, 6.07) is 2.71. The van der Waals surface area contributed by atoms with Gasteiger partial charge < -0.3 is 9.30 Å². The number of halogens is 1. The third kappa shape index (κ3) is 2.68. The van der Waals surface area contributed by atoms with Gasteiger partial charge in [0.25, 0.3) is 10.8 Å². The molecule has 0 fully saturated rings. The van der Waals surface area contributed by atoms with Crippen molar-refractivity contribution in [3.8, 4) is 0 Å². The van der Waals surface area contributed by atoms with Crippen molar-refractivity contribution in [2.75, 3.05) is 13.7 Å². The largest absolute Gasteiger partial charge is 0.383 e. The monoisotopic (exact) mass is 215 g/mol. The van der Waals surface area contributed by atoms with Gasteiger partial charge in [-0.05, 0) is 17.7 Å². The van der Waals surface area contributed by atoms with Crippen molar-refractivity contribution in [2.45, 2.75) is 6.54 Å². The van der Waals surface area contributed by atoms with Crippen LogP contribution in [0.5, 0.6) is 0 Å². The number of carbonyl (C=O) groups is 1. The number of nitrogens with zero attached hydrogens (tertiary/aromatic N) is 1. The third-order valence-corrected chi connectivity index (χ3v) is 1.96. The molecule has 0 amide bonds. The molecule has 1 aromatic heterocycles. The Bertz CT molecular complexity index is 386. The lowest BCUT2D eigenvalue weighted by molar-refractivity contribution is 0.108. The number of rotatable bonds is 4. The molecule has 0 aromatic carbocycles. The van der Waals surface area contributed by atoms with Gasteiger partial charge in [-0.25, -0.2) is 0 Å². The highest BCUT2D eigenvalue weighted by Crippen LogP contribution is 2.00. The van der Waals surface area contributed by atoms with Gasteiger partial charge in [-0.15, -0.1) is 0 Å². The molecule has 0 bridgehead atoms. The molecule has 1 rings (SSSR count). The van der Waals surface area contributed by atoms with E-state index in [-0.39, 0.29) is 5.56 Å². The Hall–Kier alpha value is -1.13. The summed E-state index contributed by atoms with van der Waals surface area (Å²) in [6.45, 7) is 0.827. The first kappa shape index (κ1) is 10.9. The molecule has 0 aliphatic heterocycles. The zero-order valence-electron chi connectivity index (χ0n) is 7.70. The Morgan fingerprint density at radius 1 is 1.57 bits per heavy atom. The fourth-order valence-corrected chi connectivity index (χ4v) is 1.12. The average molecular weight is 216 g/mol. The van der Waals surface area contributed by atoms with E-state index in [1.807, 2.05) is 0 Å². The Labute approximate surface area is 86.1 Å². The second-order valence-corrected chi connectivity index (χ2v) is 3.06. The number of hydrogen-bond acceptors (Lipinski definition) is 3. The van der Waals surface area contributed by atoms with Crippen LogP contribution in [0.1, 0.15) is 10.4 Å². The first-order chi connectivity index (χ1) is 6.65. The molecule has 0 spiro atoms. The SMILES string of the molecule is COCCn1cc(C(=O)Cl)ccc1=O. The molecule has 0 unspecified atom stereocenters. The minimum atomic E-state index is -0.573. The van der Waals surface area contributed by atoms with Crippen LogP contribution in [0.15, 0.2) is 23.1 Å². The number of pyridine rings is 1. The van der Waals surface area contributed by atoms with Crippen LogP contribution in [0.3, 0.4) is 0 Å². The number of aromatic nitrogens is 1. The first-order valence-corrected chi connectivity index (χ1v) is 4.42. The Kier molecular flexibility index (Phi) is 3.85. The summed E-state index contributed by atoms with van der Waals surface area (Å²) in [5.74, 6) is 0. The molecule has 76 valence electrons. The van der Waals surface area contributed by atoms with Crippen molar-refractivity contribution < 1.29 is 9.53 Å². The van der Waals surface area contributed by atoms with Crippen LogP contribution in [0, 0.1) is 0 Å². The lowest BCUT2D eigenvalue weighted by Crippen LogP contribution is -2.21. The highest BCUT2D eigenvalue weighted by Gasteiger charge is 2.03. The molecule has 5 heteroatoms. The van der Waals surface area contributed by atoms with Crippen molar-refractivity contribution in [1.82, 2.24) is 4.57 Å². The predicted molar refractivity (Wildman–Crippen MR) is 52.8 cm³/mol. The van der Waals surface area contributed by atoms with E-state index in [1.165, 1.54) is 22.9 Å². The smallest absolute Gasteiger partial charge is 0.253 e. The fourth-order valence-electron chi connectivity index (χ4n) is 1.01. The standard InChI is InChI=1S/C9H10ClNO3/c1-14-5-4-11-6-7(9(10)13)2-3-8(11)12/h2-3,6H,4-5H2,1H3. The molecule has 1 aromatic rings. The van der Waals surface area contributed by atoms with Gasteiger partial charge in [-0.2, -0.15) is 0 Å². The van der Waals surface area contributed by atoms with Crippen molar-refractivity contribution in [3.05, 3.63) is 34.2 Å². The van der Waals surface area contributed by atoms with Gasteiger partial charge in [0.2, 0.25) is 0 Å². The fraction of sp³-hybridized carbons (Fsp3) is 0.333. The Balaban J connectivity index is 2.96. The molecule has 0 aliphatic rings. The molecule has 0 radical (unpaired) electrons. The zero-order valence-corrected chi connectivity index (χ0v) is 8.45. The lowest BCUT2D eigenvalue weighted by atomic mass is 10.3. The summed E-state index contributed by atoms with van der Waals surface area (Å²) in [5.41, 5.74) is 0.131. The minimum absolute atomic E-state index is 0.177. The number of hydrogen-bond donors (Lipinski definition) is 0.